The van der Waals surface area contributed by atoms with Gasteiger partial charge in [0, 0.05) is 29.9 Å². The van der Waals surface area contributed by atoms with Crippen LogP contribution in [0.3, 0.4) is 0 Å². The number of pyridine rings is 1. The van der Waals surface area contributed by atoms with Crippen LogP contribution >= 0.6 is 0 Å². The van der Waals surface area contributed by atoms with E-state index in [1.54, 1.807) is 10.7 Å². The normalized spacial score (nSPS) is 11.9. The van der Waals surface area contributed by atoms with Gasteiger partial charge in [0.05, 0.1) is 16.6 Å². The Bertz CT molecular complexity index is 929. The lowest BCUT2D eigenvalue weighted by Crippen LogP contribution is -2.14. The highest BCUT2D eigenvalue weighted by Gasteiger charge is 2.20. The van der Waals surface area contributed by atoms with Gasteiger partial charge in [-0.3, -0.25) is 14.6 Å². The number of amides is 1. The summed E-state index contributed by atoms with van der Waals surface area (Å²) in [4.78, 5) is 17.3. The van der Waals surface area contributed by atoms with Crippen molar-refractivity contribution in [1.29, 1.82) is 0 Å². The topological polar surface area (TPSA) is 88.5 Å². The molecule has 0 aliphatic heterocycles. The number of anilines is 1. The van der Waals surface area contributed by atoms with Crippen molar-refractivity contribution in [3.05, 3.63) is 34.8 Å². The largest absolute Gasteiger partial charge is 0.305 e. The molecule has 0 spiro atoms. The lowest BCUT2D eigenvalue weighted by atomic mass is 9.92. The number of nitrogens with one attached hydrogen (secondary N) is 2. The molecule has 3 aromatic heterocycles. The molecule has 3 rings (SSSR count). The molecule has 3 heterocycles. The maximum absolute atomic E-state index is 12.8. The SMILES string of the molecule is Cc1cc(C(=O)Nc2cc(C(C)(C)C)[nH]n2)c2c(C)nn(C)c2n1. The van der Waals surface area contributed by atoms with Gasteiger partial charge in [-0.15, -0.1) is 0 Å². The molecule has 0 saturated heterocycles. The molecule has 126 valence electrons. The van der Waals surface area contributed by atoms with Crippen molar-refractivity contribution in [3.8, 4) is 0 Å². The van der Waals surface area contributed by atoms with E-state index in [0.29, 0.717) is 17.0 Å². The van der Waals surface area contributed by atoms with Gasteiger partial charge in [0.2, 0.25) is 0 Å². The Morgan fingerprint density at radius 3 is 2.58 bits per heavy atom. The van der Waals surface area contributed by atoms with E-state index < -0.39 is 0 Å². The Hall–Kier alpha value is -2.70. The lowest BCUT2D eigenvalue weighted by molar-refractivity contribution is 0.102. The van der Waals surface area contributed by atoms with Gasteiger partial charge >= 0.3 is 0 Å². The van der Waals surface area contributed by atoms with E-state index in [-0.39, 0.29) is 11.3 Å². The zero-order chi connectivity index (χ0) is 17.6. The molecule has 0 radical (unpaired) electrons. The van der Waals surface area contributed by atoms with Crippen LogP contribution < -0.4 is 5.32 Å². The van der Waals surface area contributed by atoms with Crippen LogP contribution in [-0.2, 0) is 12.5 Å². The van der Waals surface area contributed by atoms with Crippen molar-refractivity contribution in [2.45, 2.75) is 40.0 Å². The minimum absolute atomic E-state index is 0.0591. The molecule has 1 amide bonds. The number of carbonyl (C=O) groups is 1. The molecule has 0 atom stereocenters. The maximum atomic E-state index is 12.8. The zero-order valence-corrected chi connectivity index (χ0v) is 14.9. The molecule has 0 unspecified atom stereocenters. The van der Waals surface area contributed by atoms with Crippen molar-refractivity contribution in [3.63, 3.8) is 0 Å². The molecular weight excluding hydrogens is 304 g/mol. The summed E-state index contributed by atoms with van der Waals surface area (Å²) in [6, 6.07) is 3.64. The quantitative estimate of drug-likeness (QED) is 0.758. The van der Waals surface area contributed by atoms with Crippen LogP contribution in [-0.4, -0.2) is 30.9 Å². The summed E-state index contributed by atoms with van der Waals surface area (Å²) in [5, 5.41) is 15.2. The van der Waals surface area contributed by atoms with Gasteiger partial charge < -0.3 is 5.32 Å². The second kappa shape index (κ2) is 5.43. The van der Waals surface area contributed by atoms with Gasteiger partial charge in [0.1, 0.15) is 0 Å². The lowest BCUT2D eigenvalue weighted by Gasteiger charge is -2.14. The smallest absolute Gasteiger partial charge is 0.257 e. The molecule has 24 heavy (non-hydrogen) atoms. The average molecular weight is 326 g/mol. The molecule has 0 saturated carbocycles. The number of rotatable bonds is 2. The average Bonchev–Trinajstić information content (AvgIpc) is 3.04. The Morgan fingerprint density at radius 2 is 1.96 bits per heavy atom. The summed E-state index contributed by atoms with van der Waals surface area (Å²) < 4.78 is 1.70. The molecule has 0 fully saturated rings. The Kier molecular flexibility index (Phi) is 3.66. The predicted molar refractivity (Wildman–Crippen MR) is 93.2 cm³/mol. The maximum Gasteiger partial charge on any atom is 0.257 e. The first kappa shape index (κ1) is 16.2. The summed E-state index contributed by atoms with van der Waals surface area (Å²) in [7, 11) is 1.83. The summed E-state index contributed by atoms with van der Waals surface area (Å²) in [6.07, 6.45) is 0. The van der Waals surface area contributed by atoms with Gasteiger partial charge in [-0.25, -0.2) is 4.98 Å². The van der Waals surface area contributed by atoms with E-state index >= 15 is 0 Å². The van der Waals surface area contributed by atoms with E-state index in [1.165, 1.54) is 0 Å². The number of fused-ring (bicyclic) bond motifs is 1. The van der Waals surface area contributed by atoms with Gasteiger partial charge in [-0.05, 0) is 19.9 Å². The monoisotopic (exact) mass is 326 g/mol. The third kappa shape index (κ3) is 2.77. The summed E-state index contributed by atoms with van der Waals surface area (Å²) in [5.74, 6) is 0.294. The zero-order valence-electron chi connectivity index (χ0n) is 14.9. The molecule has 3 aromatic rings. The van der Waals surface area contributed by atoms with Crippen molar-refractivity contribution < 1.29 is 4.79 Å². The molecule has 7 heteroatoms. The van der Waals surface area contributed by atoms with Crippen LogP contribution in [0.2, 0.25) is 0 Å². The van der Waals surface area contributed by atoms with E-state index in [0.717, 1.165) is 22.5 Å². The van der Waals surface area contributed by atoms with Gasteiger partial charge in [-0.2, -0.15) is 10.2 Å². The molecule has 0 bridgehead atoms. The highest BCUT2D eigenvalue weighted by atomic mass is 16.1. The number of aromatic nitrogens is 5. The third-order valence-electron chi connectivity index (χ3n) is 3.97. The van der Waals surface area contributed by atoms with Crippen LogP contribution in [0.1, 0.15) is 48.2 Å². The van der Waals surface area contributed by atoms with Crippen molar-refractivity contribution in [1.82, 2.24) is 25.0 Å². The first-order valence-electron chi connectivity index (χ1n) is 7.85. The standard InChI is InChI=1S/C17H22N6O/c1-9-7-11(14-10(2)22-23(6)15(14)18-9)16(24)19-13-8-12(20-21-13)17(3,4)5/h7-8H,1-6H3,(H2,19,20,21,24). The predicted octanol–water partition coefficient (Wildman–Crippen LogP) is 2.86. The fourth-order valence-corrected chi connectivity index (χ4v) is 2.70. The number of hydrogen-bond acceptors (Lipinski definition) is 4. The van der Waals surface area contributed by atoms with Gasteiger partial charge in [0.25, 0.3) is 5.91 Å². The van der Waals surface area contributed by atoms with Crippen LogP contribution in [0.25, 0.3) is 11.0 Å². The molecule has 7 nitrogen and oxygen atoms in total. The number of nitrogens with zero attached hydrogens (tertiary/aromatic N) is 4. The van der Waals surface area contributed by atoms with Crippen LogP contribution in [0.5, 0.6) is 0 Å². The number of aromatic amines is 1. The third-order valence-corrected chi connectivity index (χ3v) is 3.97. The highest BCUT2D eigenvalue weighted by molar-refractivity contribution is 6.12. The summed E-state index contributed by atoms with van der Waals surface area (Å²) >= 11 is 0. The second-order valence-electron chi connectivity index (χ2n) is 7.09. The molecular formula is C17H22N6O. The van der Waals surface area contributed by atoms with Crippen LogP contribution in [0, 0.1) is 13.8 Å². The van der Waals surface area contributed by atoms with Crippen LogP contribution in [0.15, 0.2) is 12.1 Å². The summed E-state index contributed by atoms with van der Waals surface area (Å²) in [5.41, 5.74) is 3.72. The minimum atomic E-state index is -0.214. The van der Waals surface area contributed by atoms with E-state index in [1.807, 2.05) is 27.0 Å². The Morgan fingerprint density at radius 1 is 1.25 bits per heavy atom. The minimum Gasteiger partial charge on any atom is -0.305 e. The van der Waals surface area contributed by atoms with Gasteiger partial charge in [-0.1, -0.05) is 20.8 Å². The van der Waals surface area contributed by atoms with E-state index in [9.17, 15) is 4.79 Å². The number of aryl methyl sites for hydroxylation is 3. The Balaban J connectivity index is 1.99. The fraction of sp³-hybridized carbons (Fsp3) is 0.412. The molecule has 2 N–H and O–H groups in total. The van der Waals surface area contributed by atoms with Gasteiger partial charge in [0.15, 0.2) is 11.5 Å². The molecule has 0 aliphatic rings. The Labute approximate surface area is 140 Å². The summed E-state index contributed by atoms with van der Waals surface area (Å²) in [6.45, 7) is 10.00. The second-order valence-corrected chi connectivity index (χ2v) is 7.09. The number of hydrogen-bond donors (Lipinski definition) is 2. The van der Waals surface area contributed by atoms with E-state index in [4.69, 9.17) is 0 Å². The molecule has 0 aliphatic carbocycles. The van der Waals surface area contributed by atoms with Crippen LogP contribution in [0.4, 0.5) is 5.82 Å². The fourth-order valence-electron chi connectivity index (χ4n) is 2.70. The number of carbonyl (C=O) groups excluding carboxylic acids is 1. The first-order chi connectivity index (χ1) is 11.2. The molecule has 0 aromatic carbocycles. The van der Waals surface area contributed by atoms with Crippen molar-refractivity contribution in [2.24, 2.45) is 7.05 Å². The number of H-pyrrole nitrogens is 1. The van der Waals surface area contributed by atoms with Crippen molar-refractivity contribution >= 4 is 22.8 Å². The highest BCUT2D eigenvalue weighted by Crippen LogP contribution is 2.24. The first-order valence-corrected chi connectivity index (χ1v) is 7.85. The van der Waals surface area contributed by atoms with Crippen molar-refractivity contribution in [2.75, 3.05) is 5.32 Å². The van der Waals surface area contributed by atoms with E-state index in [2.05, 4.69) is 46.4 Å².